The lowest BCUT2D eigenvalue weighted by atomic mass is 10.0. The van der Waals surface area contributed by atoms with Crippen molar-refractivity contribution in [1.29, 1.82) is 0 Å². The summed E-state index contributed by atoms with van der Waals surface area (Å²) in [4.78, 5) is 11.4. The Bertz CT molecular complexity index is 670. The molecule has 22 heavy (non-hydrogen) atoms. The highest BCUT2D eigenvalue weighted by molar-refractivity contribution is 5.48. The van der Waals surface area contributed by atoms with Gasteiger partial charge < -0.3 is 5.73 Å². The molecule has 0 amide bonds. The lowest BCUT2D eigenvalue weighted by Gasteiger charge is -2.31. The Kier molecular flexibility index (Phi) is 3.87. The lowest BCUT2D eigenvalue weighted by molar-refractivity contribution is 0.186. The Labute approximate surface area is 131 Å². The summed E-state index contributed by atoms with van der Waals surface area (Å²) in [6.45, 7) is 10.3. The third-order valence-corrected chi connectivity index (χ3v) is 4.48. The van der Waals surface area contributed by atoms with Gasteiger partial charge >= 0.3 is 0 Å². The van der Waals surface area contributed by atoms with Gasteiger partial charge in [-0.25, -0.2) is 9.97 Å². The number of anilines is 1. The molecule has 1 aliphatic heterocycles. The Morgan fingerprint density at radius 3 is 2.59 bits per heavy atom. The predicted octanol–water partition coefficient (Wildman–Crippen LogP) is 2.02. The Balaban J connectivity index is 1.98. The summed E-state index contributed by atoms with van der Waals surface area (Å²) in [6.07, 6.45) is 2.07. The lowest BCUT2D eigenvalue weighted by Crippen LogP contribution is -2.37. The molecule has 0 aliphatic carbocycles. The van der Waals surface area contributed by atoms with Crippen LogP contribution < -0.4 is 5.73 Å². The summed E-state index contributed by atoms with van der Waals surface area (Å²) in [6, 6.07) is 2.52. The quantitative estimate of drug-likeness (QED) is 0.939. The largest absolute Gasteiger partial charge is 0.383 e. The van der Waals surface area contributed by atoms with Gasteiger partial charge in [-0.1, -0.05) is 6.92 Å². The van der Waals surface area contributed by atoms with Crippen LogP contribution in [0.1, 0.15) is 42.9 Å². The van der Waals surface area contributed by atoms with Crippen LogP contribution in [0.15, 0.2) is 6.07 Å². The second-order valence-corrected chi connectivity index (χ2v) is 6.15. The summed E-state index contributed by atoms with van der Waals surface area (Å²) in [5, 5.41) is 4.66. The number of rotatable bonds is 3. The molecule has 0 aromatic carbocycles. The van der Waals surface area contributed by atoms with E-state index in [4.69, 9.17) is 5.73 Å². The van der Waals surface area contributed by atoms with Gasteiger partial charge in [0, 0.05) is 42.5 Å². The average molecular weight is 300 g/mol. The van der Waals surface area contributed by atoms with Gasteiger partial charge in [0.1, 0.15) is 5.82 Å². The molecule has 0 radical (unpaired) electrons. The van der Waals surface area contributed by atoms with Gasteiger partial charge in [0.2, 0.25) is 0 Å². The van der Waals surface area contributed by atoms with Crippen LogP contribution in [0.5, 0.6) is 0 Å². The summed E-state index contributed by atoms with van der Waals surface area (Å²) in [5.74, 6) is 1.24. The van der Waals surface area contributed by atoms with E-state index in [9.17, 15) is 0 Å². The Hall–Kier alpha value is -1.95. The molecule has 0 spiro atoms. The molecular weight excluding hydrogens is 276 g/mol. The zero-order chi connectivity index (χ0) is 15.9. The van der Waals surface area contributed by atoms with Crippen molar-refractivity contribution in [3.63, 3.8) is 0 Å². The van der Waals surface area contributed by atoms with Gasteiger partial charge in [-0.3, -0.25) is 4.90 Å². The van der Waals surface area contributed by atoms with Crippen LogP contribution in [0.2, 0.25) is 0 Å². The fourth-order valence-electron chi connectivity index (χ4n) is 3.00. The van der Waals surface area contributed by atoms with E-state index in [0.29, 0.717) is 17.8 Å². The summed E-state index contributed by atoms with van der Waals surface area (Å²) in [5.41, 5.74) is 10.4. The molecule has 1 aliphatic rings. The van der Waals surface area contributed by atoms with Gasteiger partial charge in [0.15, 0.2) is 0 Å². The van der Waals surface area contributed by atoms with E-state index in [1.165, 1.54) is 0 Å². The monoisotopic (exact) mass is 300 g/mol. The van der Waals surface area contributed by atoms with E-state index in [1.54, 1.807) is 4.68 Å². The maximum atomic E-state index is 6.35. The molecule has 6 nitrogen and oxygen atoms in total. The maximum absolute atomic E-state index is 6.35. The highest BCUT2D eigenvalue weighted by Crippen LogP contribution is 2.27. The molecule has 118 valence electrons. The minimum atomic E-state index is 0.563. The van der Waals surface area contributed by atoms with Gasteiger partial charge in [0.05, 0.1) is 5.69 Å². The number of fused-ring (bicyclic) bond motifs is 1. The van der Waals surface area contributed by atoms with Crippen molar-refractivity contribution in [2.45, 2.75) is 53.1 Å². The van der Waals surface area contributed by atoms with Crippen molar-refractivity contribution in [1.82, 2.24) is 24.6 Å². The molecule has 6 heteroatoms. The predicted molar refractivity (Wildman–Crippen MR) is 86.9 cm³/mol. The van der Waals surface area contributed by atoms with Crippen LogP contribution in [-0.4, -0.2) is 37.2 Å². The Morgan fingerprint density at radius 2 is 1.95 bits per heavy atom. The standard InChI is InChI=1S/C16H24N6/c1-5-12(4)21-7-6-14-13(9-21)15(17)22(20-14)16-18-10(2)8-11(3)19-16/h8,12H,5-7,9,17H2,1-4H3. The first kappa shape index (κ1) is 15.0. The molecule has 0 bridgehead atoms. The van der Waals surface area contributed by atoms with Gasteiger partial charge in [-0.05, 0) is 33.3 Å². The number of aryl methyl sites for hydroxylation is 2. The van der Waals surface area contributed by atoms with Crippen molar-refractivity contribution >= 4 is 5.82 Å². The molecule has 0 fully saturated rings. The number of hydrogen-bond acceptors (Lipinski definition) is 5. The van der Waals surface area contributed by atoms with Crippen molar-refractivity contribution in [2.75, 3.05) is 12.3 Å². The van der Waals surface area contributed by atoms with Gasteiger partial charge in [0.25, 0.3) is 5.95 Å². The van der Waals surface area contributed by atoms with Crippen LogP contribution in [-0.2, 0) is 13.0 Å². The first-order valence-corrected chi connectivity index (χ1v) is 7.92. The summed E-state index contributed by atoms with van der Waals surface area (Å²) >= 11 is 0. The molecule has 3 heterocycles. The van der Waals surface area contributed by atoms with E-state index >= 15 is 0 Å². The maximum Gasteiger partial charge on any atom is 0.252 e. The molecule has 2 N–H and O–H groups in total. The minimum absolute atomic E-state index is 0.563. The van der Waals surface area contributed by atoms with Gasteiger partial charge in [-0.2, -0.15) is 9.78 Å². The summed E-state index contributed by atoms with van der Waals surface area (Å²) in [7, 11) is 0. The van der Waals surface area contributed by atoms with Crippen molar-refractivity contribution in [3.05, 3.63) is 28.7 Å². The van der Waals surface area contributed by atoms with Gasteiger partial charge in [-0.15, -0.1) is 0 Å². The number of nitrogen functional groups attached to an aromatic ring is 1. The van der Waals surface area contributed by atoms with E-state index in [1.807, 2.05) is 19.9 Å². The smallest absolute Gasteiger partial charge is 0.252 e. The zero-order valence-electron chi connectivity index (χ0n) is 13.8. The topological polar surface area (TPSA) is 72.9 Å². The first-order chi connectivity index (χ1) is 10.5. The summed E-state index contributed by atoms with van der Waals surface area (Å²) < 4.78 is 1.70. The highest BCUT2D eigenvalue weighted by Gasteiger charge is 2.26. The molecule has 3 rings (SSSR count). The van der Waals surface area contributed by atoms with E-state index in [0.717, 1.165) is 48.6 Å². The highest BCUT2D eigenvalue weighted by atomic mass is 15.4. The fourth-order valence-corrected chi connectivity index (χ4v) is 3.00. The molecule has 1 atom stereocenters. The van der Waals surface area contributed by atoms with Crippen LogP contribution >= 0.6 is 0 Å². The van der Waals surface area contributed by atoms with Crippen LogP contribution in [0.25, 0.3) is 5.95 Å². The van der Waals surface area contributed by atoms with E-state index in [-0.39, 0.29) is 0 Å². The van der Waals surface area contributed by atoms with Crippen molar-refractivity contribution in [3.8, 4) is 5.95 Å². The number of nitrogens with two attached hydrogens (primary N) is 1. The fraction of sp³-hybridized carbons (Fsp3) is 0.562. The zero-order valence-corrected chi connectivity index (χ0v) is 13.8. The van der Waals surface area contributed by atoms with E-state index < -0.39 is 0 Å². The third kappa shape index (κ3) is 2.59. The van der Waals surface area contributed by atoms with E-state index in [2.05, 4.69) is 33.8 Å². The second kappa shape index (κ2) is 5.68. The molecule has 1 unspecified atom stereocenters. The van der Waals surface area contributed by atoms with Crippen molar-refractivity contribution < 1.29 is 0 Å². The number of nitrogens with zero attached hydrogens (tertiary/aromatic N) is 5. The first-order valence-electron chi connectivity index (χ1n) is 7.92. The number of aromatic nitrogens is 4. The number of hydrogen-bond donors (Lipinski definition) is 1. The third-order valence-electron chi connectivity index (χ3n) is 4.48. The Morgan fingerprint density at radius 1 is 1.27 bits per heavy atom. The molecule has 0 saturated carbocycles. The van der Waals surface area contributed by atoms with Crippen molar-refractivity contribution in [2.24, 2.45) is 0 Å². The SMILES string of the molecule is CCC(C)N1CCc2nn(-c3nc(C)cc(C)n3)c(N)c2C1. The van der Waals surface area contributed by atoms with Crippen LogP contribution in [0.4, 0.5) is 5.82 Å². The normalized spacial score (nSPS) is 16.5. The minimum Gasteiger partial charge on any atom is -0.383 e. The molecule has 0 saturated heterocycles. The van der Waals surface area contributed by atoms with Crippen LogP contribution in [0, 0.1) is 13.8 Å². The molecule has 2 aromatic heterocycles. The molecular formula is C16H24N6. The average Bonchev–Trinajstić information content (AvgIpc) is 2.82. The molecule has 2 aromatic rings. The second-order valence-electron chi connectivity index (χ2n) is 6.15. The van der Waals surface area contributed by atoms with Crippen LogP contribution in [0.3, 0.4) is 0 Å².